The number of benzene rings is 1. The van der Waals surface area contributed by atoms with Crippen LogP contribution in [0.15, 0.2) is 48.7 Å². The molecule has 1 atom stereocenters. The van der Waals surface area contributed by atoms with Gasteiger partial charge in [-0.2, -0.15) is 0 Å². The van der Waals surface area contributed by atoms with Gasteiger partial charge in [0, 0.05) is 18.4 Å². The fourth-order valence-corrected chi connectivity index (χ4v) is 4.75. The quantitative estimate of drug-likeness (QED) is 0.928. The standard InChI is InChI=1S/C21H24N2O/c1-16-13-17(9-12-22-16)14-23-19(24)21(18-7-3-2-4-8-18)15-20(21)10-5-6-11-20/h2-4,7-9,12-13H,5-6,10-11,14-15H2,1H3,(H,23,24). The Morgan fingerprint density at radius 1 is 1.17 bits per heavy atom. The van der Waals surface area contributed by atoms with Crippen molar-refractivity contribution in [1.29, 1.82) is 0 Å². The summed E-state index contributed by atoms with van der Waals surface area (Å²) in [5.74, 6) is 0.199. The molecule has 2 aliphatic rings. The summed E-state index contributed by atoms with van der Waals surface area (Å²) in [6.45, 7) is 2.55. The maximum Gasteiger partial charge on any atom is 0.231 e. The molecule has 1 amide bonds. The summed E-state index contributed by atoms with van der Waals surface area (Å²) in [6.07, 6.45) is 7.69. The van der Waals surface area contributed by atoms with Gasteiger partial charge in [-0.05, 0) is 54.9 Å². The summed E-state index contributed by atoms with van der Waals surface area (Å²) in [5.41, 5.74) is 3.17. The molecule has 124 valence electrons. The third-order valence-electron chi connectivity index (χ3n) is 6.01. The number of rotatable bonds is 4. The highest BCUT2D eigenvalue weighted by molar-refractivity contribution is 5.93. The summed E-state index contributed by atoms with van der Waals surface area (Å²) in [6, 6.07) is 14.4. The third kappa shape index (κ3) is 2.34. The third-order valence-corrected chi connectivity index (χ3v) is 6.01. The van der Waals surface area contributed by atoms with Gasteiger partial charge in [0.25, 0.3) is 0 Å². The van der Waals surface area contributed by atoms with Gasteiger partial charge in [-0.3, -0.25) is 9.78 Å². The van der Waals surface area contributed by atoms with E-state index in [9.17, 15) is 4.79 Å². The van der Waals surface area contributed by atoms with Gasteiger partial charge in [-0.15, -0.1) is 0 Å². The summed E-state index contributed by atoms with van der Waals surface area (Å²) in [4.78, 5) is 17.4. The molecule has 1 heterocycles. The van der Waals surface area contributed by atoms with Crippen molar-refractivity contribution in [2.75, 3.05) is 0 Å². The molecule has 2 aromatic rings. The van der Waals surface area contributed by atoms with Crippen molar-refractivity contribution in [2.24, 2.45) is 5.41 Å². The first kappa shape index (κ1) is 15.4. The Balaban J connectivity index is 1.57. The molecule has 2 aliphatic carbocycles. The molecule has 0 bridgehead atoms. The SMILES string of the molecule is Cc1cc(CNC(=O)C2(c3ccccc3)CC23CCCC3)ccn1. The molecule has 1 unspecified atom stereocenters. The predicted octanol–water partition coefficient (Wildman–Crippen LogP) is 3.91. The van der Waals surface area contributed by atoms with Crippen LogP contribution in [0.3, 0.4) is 0 Å². The van der Waals surface area contributed by atoms with Gasteiger partial charge in [0.2, 0.25) is 5.91 Å². The maximum atomic E-state index is 13.2. The summed E-state index contributed by atoms with van der Waals surface area (Å²) in [5, 5.41) is 3.21. The second-order valence-electron chi connectivity index (χ2n) is 7.42. The number of pyridine rings is 1. The zero-order chi connectivity index (χ0) is 16.6. The number of nitrogens with one attached hydrogen (secondary N) is 1. The van der Waals surface area contributed by atoms with Crippen LogP contribution in [0.25, 0.3) is 0 Å². The van der Waals surface area contributed by atoms with E-state index in [2.05, 4.69) is 34.6 Å². The van der Waals surface area contributed by atoms with Crippen molar-refractivity contribution in [3.8, 4) is 0 Å². The van der Waals surface area contributed by atoms with Crippen LogP contribution in [-0.4, -0.2) is 10.9 Å². The van der Waals surface area contributed by atoms with Gasteiger partial charge in [0.05, 0.1) is 5.41 Å². The Kier molecular flexibility index (Phi) is 3.67. The minimum absolute atomic E-state index is 0.199. The van der Waals surface area contributed by atoms with Crippen LogP contribution in [0.2, 0.25) is 0 Å². The second kappa shape index (κ2) is 5.73. The van der Waals surface area contributed by atoms with E-state index >= 15 is 0 Å². The van der Waals surface area contributed by atoms with Gasteiger partial charge < -0.3 is 5.32 Å². The van der Waals surface area contributed by atoms with Crippen molar-refractivity contribution in [1.82, 2.24) is 10.3 Å². The molecular weight excluding hydrogens is 296 g/mol. The molecule has 4 rings (SSSR count). The van der Waals surface area contributed by atoms with Gasteiger partial charge >= 0.3 is 0 Å². The first-order chi connectivity index (χ1) is 11.7. The average Bonchev–Trinajstić information content (AvgIpc) is 3.01. The van der Waals surface area contributed by atoms with Gasteiger partial charge in [-0.25, -0.2) is 0 Å². The van der Waals surface area contributed by atoms with Crippen LogP contribution in [0.4, 0.5) is 0 Å². The van der Waals surface area contributed by atoms with Crippen LogP contribution in [0.5, 0.6) is 0 Å². The van der Waals surface area contributed by atoms with Crippen LogP contribution in [0.1, 0.15) is 48.9 Å². The van der Waals surface area contributed by atoms with E-state index in [1.807, 2.05) is 25.1 Å². The molecular formula is C21H24N2O. The fourth-order valence-electron chi connectivity index (χ4n) is 4.75. The normalized spacial score (nSPS) is 24.0. The van der Waals surface area contributed by atoms with Crippen LogP contribution in [-0.2, 0) is 16.8 Å². The number of amides is 1. The lowest BCUT2D eigenvalue weighted by atomic mass is 9.84. The molecule has 3 heteroatoms. The summed E-state index contributed by atoms with van der Waals surface area (Å²) in [7, 11) is 0. The van der Waals surface area contributed by atoms with Crippen molar-refractivity contribution in [2.45, 2.75) is 51.0 Å². The molecule has 24 heavy (non-hydrogen) atoms. The number of hydrogen-bond donors (Lipinski definition) is 1. The zero-order valence-electron chi connectivity index (χ0n) is 14.2. The first-order valence-electron chi connectivity index (χ1n) is 8.92. The highest BCUT2D eigenvalue weighted by Gasteiger charge is 2.72. The largest absolute Gasteiger partial charge is 0.351 e. The van der Waals surface area contributed by atoms with Gasteiger partial charge in [0.15, 0.2) is 0 Å². The molecule has 3 nitrogen and oxygen atoms in total. The van der Waals surface area contributed by atoms with E-state index in [0.717, 1.165) is 17.7 Å². The molecule has 0 saturated heterocycles. The molecule has 2 saturated carbocycles. The molecule has 2 fully saturated rings. The fraction of sp³-hybridized carbons (Fsp3) is 0.429. The first-order valence-corrected chi connectivity index (χ1v) is 8.92. The Morgan fingerprint density at radius 3 is 2.62 bits per heavy atom. The van der Waals surface area contributed by atoms with Crippen LogP contribution >= 0.6 is 0 Å². The number of carbonyl (C=O) groups is 1. The van der Waals surface area contributed by atoms with Crippen molar-refractivity contribution < 1.29 is 4.79 Å². The molecule has 1 aromatic heterocycles. The smallest absolute Gasteiger partial charge is 0.231 e. The molecule has 0 aliphatic heterocycles. The van der Waals surface area contributed by atoms with Crippen LogP contribution in [0, 0.1) is 12.3 Å². The number of carbonyl (C=O) groups excluding carboxylic acids is 1. The topological polar surface area (TPSA) is 42.0 Å². The van der Waals surface area contributed by atoms with E-state index in [4.69, 9.17) is 0 Å². The minimum atomic E-state index is -0.313. The Hall–Kier alpha value is -2.16. The highest BCUT2D eigenvalue weighted by Crippen LogP contribution is 2.72. The molecule has 1 N–H and O–H groups in total. The summed E-state index contributed by atoms with van der Waals surface area (Å²) < 4.78 is 0. The Labute approximate surface area is 143 Å². The second-order valence-corrected chi connectivity index (χ2v) is 7.42. The van der Waals surface area contributed by atoms with E-state index < -0.39 is 0 Å². The number of hydrogen-bond acceptors (Lipinski definition) is 2. The highest BCUT2D eigenvalue weighted by atomic mass is 16.2. The zero-order valence-corrected chi connectivity index (χ0v) is 14.2. The minimum Gasteiger partial charge on any atom is -0.351 e. The molecule has 1 spiro atoms. The van der Waals surface area contributed by atoms with Crippen LogP contribution < -0.4 is 5.32 Å². The number of aromatic nitrogens is 1. The van der Waals surface area contributed by atoms with Crippen molar-refractivity contribution in [3.63, 3.8) is 0 Å². The van der Waals surface area contributed by atoms with E-state index in [0.29, 0.717) is 6.54 Å². The molecule has 0 radical (unpaired) electrons. The average molecular weight is 320 g/mol. The van der Waals surface area contributed by atoms with Crippen molar-refractivity contribution in [3.05, 3.63) is 65.5 Å². The van der Waals surface area contributed by atoms with E-state index in [1.165, 1.54) is 31.2 Å². The number of nitrogens with zero attached hydrogens (tertiary/aromatic N) is 1. The lowest BCUT2D eigenvalue weighted by Crippen LogP contribution is -2.38. The maximum absolute atomic E-state index is 13.2. The lowest BCUT2D eigenvalue weighted by molar-refractivity contribution is -0.124. The molecule has 1 aromatic carbocycles. The monoisotopic (exact) mass is 320 g/mol. The Morgan fingerprint density at radius 2 is 1.92 bits per heavy atom. The number of aryl methyl sites for hydroxylation is 1. The van der Waals surface area contributed by atoms with Crippen molar-refractivity contribution >= 4 is 5.91 Å². The Bertz CT molecular complexity index is 749. The predicted molar refractivity (Wildman–Crippen MR) is 94.5 cm³/mol. The van der Waals surface area contributed by atoms with E-state index in [-0.39, 0.29) is 16.7 Å². The summed E-state index contributed by atoms with van der Waals surface area (Å²) >= 11 is 0. The van der Waals surface area contributed by atoms with Gasteiger partial charge in [-0.1, -0.05) is 43.2 Å². The lowest BCUT2D eigenvalue weighted by Gasteiger charge is -2.22. The van der Waals surface area contributed by atoms with Gasteiger partial charge in [0.1, 0.15) is 0 Å². The van der Waals surface area contributed by atoms with E-state index in [1.54, 1.807) is 6.20 Å².